The predicted molar refractivity (Wildman–Crippen MR) is 141 cm³/mol. The minimum absolute atomic E-state index is 0.384. The Kier molecular flexibility index (Phi) is 8.39. The first kappa shape index (κ1) is 24.2. The van der Waals surface area contributed by atoms with E-state index in [-0.39, 0.29) is 0 Å². The van der Waals surface area contributed by atoms with Crippen LogP contribution < -0.4 is 0 Å². The molecule has 0 bridgehead atoms. The van der Waals surface area contributed by atoms with Crippen molar-refractivity contribution in [2.24, 2.45) is 0 Å². The molecule has 4 aromatic heterocycles. The van der Waals surface area contributed by atoms with Gasteiger partial charge in [-0.05, 0) is 61.4 Å². The minimum Gasteiger partial charge on any atom is -0.287 e. The molecule has 1 saturated carbocycles. The maximum Gasteiger partial charge on any atom is 0.0544 e. The first-order chi connectivity index (χ1) is 17.8. The van der Waals surface area contributed by atoms with Crippen molar-refractivity contribution in [2.75, 3.05) is 0 Å². The molecular weight excluding hydrogens is 444 g/mol. The second-order valence-electron chi connectivity index (χ2n) is 9.51. The van der Waals surface area contributed by atoms with Gasteiger partial charge >= 0.3 is 0 Å². The molecule has 0 amide bonds. The summed E-state index contributed by atoms with van der Waals surface area (Å²) >= 11 is 0. The Hall–Kier alpha value is -3.48. The van der Waals surface area contributed by atoms with E-state index in [1.54, 1.807) is 0 Å². The third-order valence-corrected chi connectivity index (χ3v) is 7.00. The standard InChI is InChI=1S/C30H34N6/c1-2-16-30(36(23-27-13-5-9-19-33-27)24-28-14-6-10-20-34-28)29(15-1)35(21-25-11-3-7-17-31-25)22-26-12-4-8-18-32-26/h3-14,17-20,29-30H,1-2,15-16,21-24H2/t29-,30-/m1/s1. The zero-order valence-corrected chi connectivity index (χ0v) is 20.7. The lowest BCUT2D eigenvalue weighted by molar-refractivity contribution is 0.0272. The molecule has 6 heteroatoms. The van der Waals surface area contributed by atoms with Crippen LogP contribution in [0.2, 0.25) is 0 Å². The zero-order valence-electron chi connectivity index (χ0n) is 20.7. The van der Waals surface area contributed by atoms with Crippen molar-refractivity contribution >= 4 is 0 Å². The number of rotatable bonds is 10. The van der Waals surface area contributed by atoms with Crippen LogP contribution in [0.15, 0.2) is 97.6 Å². The number of hydrogen-bond donors (Lipinski definition) is 0. The largest absolute Gasteiger partial charge is 0.287 e. The minimum atomic E-state index is 0.384. The summed E-state index contributed by atoms with van der Waals surface area (Å²) < 4.78 is 0. The van der Waals surface area contributed by atoms with Crippen LogP contribution in [0.3, 0.4) is 0 Å². The lowest BCUT2D eigenvalue weighted by atomic mass is 9.87. The first-order valence-corrected chi connectivity index (χ1v) is 12.9. The van der Waals surface area contributed by atoms with E-state index in [1.807, 2.05) is 49.1 Å². The van der Waals surface area contributed by atoms with Gasteiger partial charge in [-0.25, -0.2) is 0 Å². The SMILES string of the molecule is c1ccc(CN(Cc2ccccn2)[C@@H]2CCCC[C@H]2N(Cc2ccccn2)Cc2ccccn2)nc1. The summed E-state index contributed by atoms with van der Waals surface area (Å²) in [6.45, 7) is 3.22. The van der Waals surface area contributed by atoms with Crippen LogP contribution in [0.25, 0.3) is 0 Å². The van der Waals surface area contributed by atoms with Gasteiger partial charge in [-0.3, -0.25) is 29.7 Å². The van der Waals surface area contributed by atoms with Gasteiger partial charge in [0.15, 0.2) is 0 Å². The molecule has 6 nitrogen and oxygen atoms in total. The van der Waals surface area contributed by atoms with Gasteiger partial charge in [0.2, 0.25) is 0 Å². The molecule has 1 fully saturated rings. The van der Waals surface area contributed by atoms with Crippen molar-refractivity contribution in [2.45, 2.75) is 63.9 Å². The molecule has 0 saturated heterocycles. The lowest BCUT2D eigenvalue weighted by Crippen LogP contribution is -2.52. The first-order valence-electron chi connectivity index (χ1n) is 12.9. The number of pyridine rings is 4. The van der Waals surface area contributed by atoms with Crippen LogP contribution in [-0.4, -0.2) is 41.8 Å². The highest BCUT2D eigenvalue weighted by Gasteiger charge is 2.35. The van der Waals surface area contributed by atoms with Gasteiger partial charge in [-0.15, -0.1) is 0 Å². The second kappa shape index (κ2) is 12.5. The summed E-state index contributed by atoms with van der Waals surface area (Å²) in [7, 11) is 0. The van der Waals surface area contributed by atoms with Crippen molar-refractivity contribution in [1.82, 2.24) is 29.7 Å². The van der Waals surface area contributed by atoms with Gasteiger partial charge in [-0.1, -0.05) is 37.1 Å². The molecule has 4 aromatic rings. The van der Waals surface area contributed by atoms with Gasteiger partial charge < -0.3 is 0 Å². The smallest absolute Gasteiger partial charge is 0.0544 e. The van der Waals surface area contributed by atoms with Gasteiger partial charge in [0.1, 0.15) is 0 Å². The zero-order chi connectivity index (χ0) is 24.4. The highest BCUT2D eigenvalue weighted by molar-refractivity contribution is 5.10. The molecule has 36 heavy (non-hydrogen) atoms. The van der Waals surface area contributed by atoms with Crippen LogP contribution >= 0.6 is 0 Å². The van der Waals surface area contributed by atoms with E-state index >= 15 is 0 Å². The fourth-order valence-corrected chi connectivity index (χ4v) is 5.32. The molecule has 0 N–H and O–H groups in total. The molecule has 1 aliphatic carbocycles. The summed E-state index contributed by atoms with van der Waals surface area (Å²) in [6, 6.07) is 25.5. The molecule has 0 aliphatic heterocycles. The van der Waals surface area contributed by atoms with Crippen LogP contribution in [0.5, 0.6) is 0 Å². The summed E-state index contributed by atoms with van der Waals surface area (Å²) in [5, 5.41) is 0. The molecule has 184 valence electrons. The average Bonchev–Trinajstić information content (AvgIpc) is 2.95. The Bertz CT molecular complexity index is 979. The van der Waals surface area contributed by atoms with Crippen molar-refractivity contribution in [1.29, 1.82) is 0 Å². The van der Waals surface area contributed by atoms with Gasteiger partial charge in [0, 0.05) is 63.1 Å². The summed E-state index contributed by atoms with van der Waals surface area (Å²) in [5.41, 5.74) is 4.38. The van der Waals surface area contributed by atoms with E-state index in [1.165, 1.54) is 12.8 Å². The fourth-order valence-electron chi connectivity index (χ4n) is 5.32. The van der Waals surface area contributed by atoms with E-state index in [0.717, 1.165) is 61.8 Å². The molecule has 4 heterocycles. The van der Waals surface area contributed by atoms with Crippen LogP contribution in [0.4, 0.5) is 0 Å². The maximum atomic E-state index is 4.66. The molecule has 1 aliphatic rings. The van der Waals surface area contributed by atoms with Gasteiger partial charge in [-0.2, -0.15) is 0 Å². The predicted octanol–water partition coefficient (Wildman–Crippen LogP) is 5.28. The number of aromatic nitrogens is 4. The molecule has 0 aromatic carbocycles. The number of nitrogens with zero attached hydrogens (tertiary/aromatic N) is 6. The third kappa shape index (κ3) is 6.59. The molecule has 0 spiro atoms. The lowest BCUT2D eigenvalue weighted by Gasteiger charge is -2.45. The van der Waals surface area contributed by atoms with E-state index in [2.05, 4.69) is 78.3 Å². The van der Waals surface area contributed by atoms with E-state index < -0.39 is 0 Å². The molecule has 0 radical (unpaired) electrons. The Morgan fingerprint density at radius 2 is 0.778 bits per heavy atom. The van der Waals surface area contributed by atoms with Crippen LogP contribution in [0, 0.1) is 0 Å². The fraction of sp³-hybridized carbons (Fsp3) is 0.333. The van der Waals surface area contributed by atoms with E-state index in [9.17, 15) is 0 Å². The number of hydrogen-bond acceptors (Lipinski definition) is 6. The highest BCUT2D eigenvalue weighted by Crippen LogP contribution is 2.31. The summed E-state index contributed by atoms with van der Waals surface area (Å²) in [5.74, 6) is 0. The van der Waals surface area contributed by atoms with Crippen molar-refractivity contribution < 1.29 is 0 Å². The van der Waals surface area contributed by atoms with Crippen LogP contribution in [0.1, 0.15) is 48.5 Å². The maximum absolute atomic E-state index is 4.66. The Balaban J connectivity index is 1.45. The van der Waals surface area contributed by atoms with Crippen molar-refractivity contribution in [3.8, 4) is 0 Å². The third-order valence-electron chi connectivity index (χ3n) is 7.00. The molecule has 0 unspecified atom stereocenters. The Morgan fingerprint density at radius 1 is 0.472 bits per heavy atom. The highest BCUT2D eigenvalue weighted by atomic mass is 15.3. The van der Waals surface area contributed by atoms with E-state index in [4.69, 9.17) is 0 Å². The quantitative estimate of drug-likeness (QED) is 0.309. The van der Waals surface area contributed by atoms with Gasteiger partial charge in [0.05, 0.1) is 22.8 Å². The van der Waals surface area contributed by atoms with Crippen molar-refractivity contribution in [3.63, 3.8) is 0 Å². The average molecular weight is 479 g/mol. The van der Waals surface area contributed by atoms with E-state index in [0.29, 0.717) is 12.1 Å². The topological polar surface area (TPSA) is 58.0 Å². The summed E-state index contributed by atoms with van der Waals surface area (Å²) in [6.07, 6.45) is 12.4. The molecule has 5 rings (SSSR count). The molecular formula is C30H34N6. The Morgan fingerprint density at radius 3 is 1.03 bits per heavy atom. The van der Waals surface area contributed by atoms with Crippen molar-refractivity contribution in [3.05, 3.63) is 120 Å². The molecule has 2 atom stereocenters. The van der Waals surface area contributed by atoms with Crippen LogP contribution in [-0.2, 0) is 26.2 Å². The van der Waals surface area contributed by atoms with Gasteiger partial charge in [0.25, 0.3) is 0 Å². The monoisotopic (exact) mass is 478 g/mol. The second-order valence-corrected chi connectivity index (χ2v) is 9.51. The normalized spacial score (nSPS) is 17.9. The Labute approximate surface area is 214 Å². The summed E-state index contributed by atoms with van der Waals surface area (Å²) in [4.78, 5) is 23.8.